The molecule has 1 aliphatic rings. The van der Waals surface area contributed by atoms with Gasteiger partial charge in [0.05, 0.1) is 0 Å². The summed E-state index contributed by atoms with van der Waals surface area (Å²) in [5.41, 5.74) is 8.01. The van der Waals surface area contributed by atoms with E-state index in [0.717, 1.165) is 65.8 Å². The molecule has 202 valence electrons. The predicted octanol–water partition coefficient (Wildman–Crippen LogP) is 8.74. The van der Waals surface area contributed by atoms with E-state index >= 15 is 0 Å². The van der Waals surface area contributed by atoms with Crippen LogP contribution in [0, 0.1) is 6.92 Å². The van der Waals surface area contributed by atoms with Crippen molar-refractivity contribution >= 4 is 5.57 Å². The topological polar surface area (TPSA) is 52.9 Å². The number of aryl methyl sites for hydroxylation is 2. The van der Waals surface area contributed by atoms with E-state index in [-0.39, 0.29) is 18.1 Å². The van der Waals surface area contributed by atoms with Gasteiger partial charge in [0.15, 0.2) is 0 Å². The fourth-order valence-corrected chi connectivity index (χ4v) is 4.87. The average molecular weight is 522 g/mol. The van der Waals surface area contributed by atoms with Gasteiger partial charge in [-0.2, -0.15) is 0 Å². The van der Waals surface area contributed by atoms with Gasteiger partial charge in [-0.25, -0.2) is 0 Å². The number of hydrogen-bond donors (Lipinski definition) is 2. The minimum Gasteiger partial charge on any atom is -0.509 e. The number of aliphatic hydroxyl groups is 1. The maximum Gasteiger partial charge on any atom is 0.145 e. The number of phenols is 1. The van der Waals surface area contributed by atoms with Gasteiger partial charge in [0, 0.05) is 18.4 Å². The molecule has 1 aliphatic heterocycles. The highest BCUT2D eigenvalue weighted by Gasteiger charge is 2.16. The third-order valence-corrected chi connectivity index (χ3v) is 6.81. The Bertz CT molecular complexity index is 1400. The van der Waals surface area contributed by atoms with Crippen LogP contribution < -0.4 is 4.74 Å². The highest BCUT2D eigenvalue weighted by Crippen LogP contribution is 2.35. The largest absolute Gasteiger partial charge is 0.509 e. The molecule has 3 aromatic rings. The van der Waals surface area contributed by atoms with Crippen LogP contribution in [0.2, 0.25) is 0 Å². The van der Waals surface area contributed by atoms with Crippen molar-refractivity contribution in [2.75, 3.05) is 13.2 Å². The Kier molecular flexibility index (Phi) is 9.69. The first kappa shape index (κ1) is 27.8. The van der Waals surface area contributed by atoms with Crippen LogP contribution in [0.15, 0.2) is 109 Å². The molecule has 39 heavy (non-hydrogen) atoms. The first-order chi connectivity index (χ1) is 19.0. The van der Waals surface area contributed by atoms with Crippen LogP contribution in [0.5, 0.6) is 11.5 Å². The van der Waals surface area contributed by atoms with Crippen LogP contribution >= 0.6 is 0 Å². The molecule has 0 radical (unpaired) electrons. The van der Waals surface area contributed by atoms with Gasteiger partial charge in [0.1, 0.15) is 23.9 Å². The zero-order valence-electron chi connectivity index (χ0n) is 23.2. The van der Waals surface area contributed by atoms with Crippen LogP contribution in [0.3, 0.4) is 0 Å². The number of aromatic hydroxyl groups is 1. The summed E-state index contributed by atoms with van der Waals surface area (Å²) in [6, 6.07) is 22.1. The molecule has 0 saturated heterocycles. The van der Waals surface area contributed by atoms with Crippen LogP contribution in [0.25, 0.3) is 16.7 Å². The van der Waals surface area contributed by atoms with Gasteiger partial charge in [-0.1, -0.05) is 68.5 Å². The van der Waals surface area contributed by atoms with E-state index in [1.807, 2.05) is 31.2 Å². The number of rotatable bonds is 11. The molecule has 0 fully saturated rings. The number of hydrogen-bond acceptors (Lipinski definition) is 4. The Balaban J connectivity index is 1.50. The lowest BCUT2D eigenvalue weighted by molar-refractivity contribution is 0.269. The summed E-state index contributed by atoms with van der Waals surface area (Å²) < 4.78 is 5.76. The van der Waals surface area contributed by atoms with Gasteiger partial charge in [-0.15, -0.1) is 0 Å². The van der Waals surface area contributed by atoms with Crippen molar-refractivity contribution in [2.45, 2.75) is 46.5 Å². The molecule has 0 saturated carbocycles. The quantitative estimate of drug-likeness (QED) is 0.248. The molecule has 3 aromatic carbocycles. The lowest BCUT2D eigenvalue weighted by Crippen LogP contribution is -2.20. The van der Waals surface area contributed by atoms with Crippen molar-refractivity contribution in [2.24, 2.45) is 0 Å². The van der Waals surface area contributed by atoms with Crippen molar-refractivity contribution < 1.29 is 14.9 Å². The Labute approximate surface area is 232 Å². The number of nitrogens with zero attached hydrogens (tertiary/aromatic N) is 1. The van der Waals surface area contributed by atoms with Crippen molar-refractivity contribution in [1.82, 2.24) is 4.90 Å². The zero-order chi connectivity index (χ0) is 27.6. The number of aliphatic hydroxyl groups excluding tert-OH is 1. The molecule has 1 heterocycles. The smallest absolute Gasteiger partial charge is 0.145 e. The van der Waals surface area contributed by atoms with E-state index in [1.165, 1.54) is 11.3 Å². The van der Waals surface area contributed by atoms with Gasteiger partial charge < -0.3 is 19.8 Å². The van der Waals surface area contributed by atoms with E-state index in [4.69, 9.17) is 4.74 Å². The lowest BCUT2D eigenvalue weighted by Gasteiger charge is -2.27. The van der Waals surface area contributed by atoms with E-state index in [9.17, 15) is 10.2 Å². The molecule has 0 unspecified atom stereocenters. The summed E-state index contributed by atoms with van der Waals surface area (Å²) in [7, 11) is 0. The molecular weight excluding hydrogens is 482 g/mol. The molecule has 0 aliphatic carbocycles. The van der Waals surface area contributed by atoms with E-state index in [1.54, 1.807) is 12.1 Å². The van der Waals surface area contributed by atoms with Crippen molar-refractivity contribution in [1.29, 1.82) is 0 Å². The second kappa shape index (κ2) is 13.6. The van der Waals surface area contributed by atoms with Gasteiger partial charge in [-0.3, -0.25) is 0 Å². The van der Waals surface area contributed by atoms with Crippen LogP contribution in [0.1, 0.15) is 49.8 Å². The molecule has 0 amide bonds. The molecular formula is C35H39NO3. The Morgan fingerprint density at radius 1 is 0.897 bits per heavy atom. The SMILES string of the molecule is CC/C=C(\O)COc1cccc(CCCN2C=C(c3ccccc3-c3cc(O)ccc3C)C=C/C2=C/CC)c1. The highest BCUT2D eigenvalue weighted by molar-refractivity contribution is 5.87. The van der Waals surface area contributed by atoms with Crippen molar-refractivity contribution in [3.63, 3.8) is 0 Å². The third kappa shape index (κ3) is 7.44. The van der Waals surface area contributed by atoms with E-state index in [2.05, 4.69) is 79.6 Å². The van der Waals surface area contributed by atoms with Gasteiger partial charge in [0.25, 0.3) is 0 Å². The fourth-order valence-electron chi connectivity index (χ4n) is 4.87. The second-order valence-corrected chi connectivity index (χ2v) is 9.84. The molecule has 0 atom stereocenters. The molecule has 4 rings (SSSR count). The Morgan fingerprint density at radius 2 is 1.72 bits per heavy atom. The summed E-state index contributed by atoms with van der Waals surface area (Å²) in [5.74, 6) is 1.31. The minimum absolute atomic E-state index is 0.194. The zero-order valence-corrected chi connectivity index (χ0v) is 23.2. The predicted molar refractivity (Wildman–Crippen MR) is 162 cm³/mol. The first-order valence-corrected chi connectivity index (χ1v) is 13.8. The molecule has 0 bridgehead atoms. The lowest BCUT2D eigenvalue weighted by atomic mass is 9.91. The van der Waals surface area contributed by atoms with E-state index < -0.39 is 0 Å². The summed E-state index contributed by atoms with van der Waals surface area (Å²) in [6.07, 6.45) is 14.3. The monoisotopic (exact) mass is 521 g/mol. The Morgan fingerprint density at radius 3 is 2.51 bits per heavy atom. The van der Waals surface area contributed by atoms with Gasteiger partial charge in [0.2, 0.25) is 0 Å². The van der Waals surface area contributed by atoms with Crippen molar-refractivity contribution in [3.8, 4) is 22.6 Å². The number of phenolic OH excluding ortho intramolecular Hbond substituents is 1. The maximum atomic E-state index is 10.2. The highest BCUT2D eigenvalue weighted by atomic mass is 16.5. The van der Waals surface area contributed by atoms with E-state index in [0.29, 0.717) is 0 Å². The normalized spacial score (nSPS) is 14.5. The summed E-state index contributed by atoms with van der Waals surface area (Å²) in [5, 5.41) is 20.0. The summed E-state index contributed by atoms with van der Waals surface area (Å²) >= 11 is 0. The number of ether oxygens (including phenoxy) is 1. The standard InChI is InChI=1S/C35H39NO3/c1-4-10-29-19-18-28(33-15-6-7-16-34(33)35-23-30(37)20-17-26(35)3)24-36(29)21-9-13-27-12-8-14-32(22-27)39-25-31(38)11-5-2/h6-8,10-12,14-20,22-24,37-38H,4-5,9,13,21,25H2,1-3H3/b29-10-,31-11-. The number of benzene rings is 3. The molecule has 0 aromatic heterocycles. The number of allylic oxidation sites excluding steroid dienone is 5. The van der Waals surface area contributed by atoms with Crippen LogP contribution in [-0.4, -0.2) is 28.3 Å². The Hall–Kier alpha value is -4.18. The summed E-state index contributed by atoms with van der Waals surface area (Å²) in [4.78, 5) is 2.35. The fraction of sp³-hybridized carbons (Fsp3) is 0.257. The van der Waals surface area contributed by atoms with Crippen molar-refractivity contribution in [3.05, 3.63) is 125 Å². The minimum atomic E-state index is 0.194. The molecule has 4 heteroatoms. The molecule has 0 spiro atoms. The van der Waals surface area contributed by atoms with Gasteiger partial charge >= 0.3 is 0 Å². The van der Waals surface area contributed by atoms with Gasteiger partial charge in [-0.05, 0) is 102 Å². The summed E-state index contributed by atoms with van der Waals surface area (Å²) in [6.45, 7) is 7.31. The third-order valence-electron chi connectivity index (χ3n) is 6.81. The average Bonchev–Trinajstić information content (AvgIpc) is 2.95. The second-order valence-electron chi connectivity index (χ2n) is 9.84. The first-order valence-electron chi connectivity index (χ1n) is 13.8. The maximum absolute atomic E-state index is 10.2. The van der Waals surface area contributed by atoms with Crippen LogP contribution in [-0.2, 0) is 6.42 Å². The van der Waals surface area contributed by atoms with Crippen LogP contribution in [0.4, 0.5) is 0 Å². The molecule has 4 nitrogen and oxygen atoms in total. The molecule has 2 N–H and O–H groups in total.